The molecule has 2 aromatic heterocycles. The van der Waals surface area contributed by atoms with Gasteiger partial charge in [0.1, 0.15) is 5.65 Å². The minimum Gasteiger partial charge on any atom is -0.309 e. The normalized spacial score (nSPS) is 12.2. The number of pyridine rings is 1. The maximum absolute atomic E-state index is 15.9. The Morgan fingerprint density at radius 1 is 0.408 bits per heavy atom. The lowest BCUT2D eigenvalue weighted by Crippen LogP contribution is -2.26. The monoisotopic (exact) mass is 668 g/mol. The average molecular weight is 669 g/mol. The molecule has 0 aliphatic heterocycles. The highest BCUT2D eigenvalue weighted by molar-refractivity contribution is 7.86. The van der Waals surface area contributed by atoms with Crippen LogP contribution in [0.3, 0.4) is 0 Å². The van der Waals surface area contributed by atoms with Crippen molar-refractivity contribution in [3.8, 4) is 0 Å². The molecule has 4 nitrogen and oxygen atoms in total. The molecule has 9 rings (SSSR count). The van der Waals surface area contributed by atoms with E-state index in [-0.39, 0.29) is 0 Å². The Labute approximate surface area is 284 Å². The van der Waals surface area contributed by atoms with Crippen LogP contribution >= 0.6 is 14.3 Å². The molecule has 234 valence electrons. The van der Waals surface area contributed by atoms with Crippen LogP contribution in [0.1, 0.15) is 0 Å². The van der Waals surface area contributed by atoms with Crippen molar-refractivity contribution in [3.05, 3.63) is 182 Å². The minimum absolute atomic E-state index is 0.732. The van der Waals surface area contributed by atoms with E-state index >= 15 is 9.13 Å². The first-order valence-electron chi connectivity index (χ1n) is 16.3. The molecule has 0 N–H and O–H groups in total. The van der Waals surface area contributed by atoms with Gasteiger partial charge < -0.3 is 9.13 Å². The van der Waals surface area contributed by atoms with Crippen LogP contribution in [-0.2, 0) is 9.13 Å². The van der Waals surface area contributed by atoms with Gasteiger partial charge in [0, 0.05) is 42.6 Å². The van der Waals surface area contributed by atoms with Crippen LogP contribution in [0.25, 0.3) is 38.4 Å². The van der Waals surface area contributed by atoms with E-state index in [1.807, 2.05) is 164 Å². The third-order valence-corrected chi connectivity index (χ3v) is 15.7. The summed E-state index contributed by atoms with van der Waals surface area (Å²) in [6, 6.07) is 59.4. The summed E-state index contributed by atoms with van der Waals surface area (Å²) in [6.45, 7) is 0. The van der Waals surface area contributed by atoms with Crippen LogP contribution < -0.4 is 31.8 Å². The Morgan fingerprint density at radius 2 is 0.898 bits per heavy atom. The van der Waals surface area contributed by atoms with Crippen molar-refractivity contribution in [1.29, 1.82) is 0 Å². The second-order valence-corrected chi connectivity index (χ2v) is 17.7. The summed E-state index contributed by atoms with van der Waals surface area (Å²) in [5, 5.41) is 7.49. The number of rotatable bonds is 6. The van der Waals surface area contributed by atoms with E-state index in [9.17, 15) is 0 Å². The first kappa shape index (κ1) is 29.6. The van der Waals surface area contributed by atoms with E-state index in [2.05, 4.69) is 22.6 Å². The van der Waals surface area contributed by atoms with Gasteiger partial charge in [0.2, 0.25) is 0 Å². The first-order chi connectivity index (χ1) is 24.1. The highest BCUT2D eigenvalue weighted by Gasteiger charge is 2.33. The lowest BCUT2D eigenvalue weighted by molar-refractivity contribution is 0.591. The van der Waals surface area contributed by atoms with Crippen LogP contribution in [0.5, 0.6) is 0 Å². The molecule has 0 saturated carbocycles. The largest absolute Gasteiger partial charge is 0.309 e. The Kier molecular flexibility index (Phi) is 6.99. The van der Waals surface area contributed by atoms with E-state index in [0.29, 0.717) is 0 Å². The van der Waals surface area contributed by atoms with E-state index in [0.717, 1.165) is 70.2 Å². The van der Waals surface area contributed by atoms with E-state index in [1.54, 1.807) is 0 Å². The number of fused-ring (bicyclic) bond motifs is 8. The van der Waals surface area contributed by atoms with Crippen molar-refractivity contribution in [2.24, 2.45) is 0 Å². The zero-order chi connectivity index (χ0) is 33.0. The molecular formula is C43H30N2O2P2. The molecule has 0 fully saturated rings. The number of nitrogens with zero attached hydrogens (tertiary/aromatic N) is 2. The fourth-order valence-corrected chi connectivity index (χ4v) is 12.8. The van der Waals surface area contributed by atoms with Gasteiger partial charge in [-0.1, -0.05) is 158 Å². The molecule has 6 heteroatoms. The van der Waals surface area contributed by atoms with E-state index in [1.165, 1.54) is 0 Å². The van der Waals surface area contributed by atoms with Gasteiger partial charge in [0.15, 0.2) is 14.3 Å². The van der Waals surface area contributed by atoms with Crippen LogP contribution in [0.15, 0.2) is 182 Å². The zero-order valence-corrected chi connectivity index (χ0v) is 28.2. The van der Waals surface area contributed by atoms with Gasteiger partial charge >= 0.3 is 0 Å². The molecule has 0 aliphatic carbocycles. The first-order valence-corrected chi connectivity index (χ1v) is 19.7. The molecule has 49 heavy (non-hydrogen) atoms. The predicted octanol–water partition coefficient (Wildman–Crippen LogP) is 8.07. The van der Waals surface area contributed by atoms with Crippen molar-refractivity contribution in [3.63, 3.8) is 0 Å². The maximum atomic E-state index is 15.9. The second kappa shape index (κ2) is 11.6. The minimum atomic E-state index is -3.34. The summed E-state index contributed by atoms with van der Waals surface area (Å²) in [5.41, 5.74) is 3.35. The number of hydrogen-bond donors (Lipinski definition) is 0. The van der Waals surface area contributed by atoms with Gasteiger partial charge in [0.25, 0.3) is 0 Å². The van der Waals surface area contributed by atoms with Crippen molar-refractivity contribution in [1.82, 2.24) is 9.38 Å². The molecular weight excluding hydrogens is 638 g/mol. The summed E-state index contributed by atoms with van der Waals surface area (Å²) in [7, 11) is -6.59. The van der Waals surface area contributed by atoms with E-state index in [4.69, 9.17) is 4.98 Å². The smallest absolute Gasteiger partial charge is 0.171 e. The fourth-order valence-electron chi connectivity index (χ4n) is 7.26. The number of hydrogen-bond acceptors (Lipinski definition) is 3. The zero-order valence-electron chi connectivity index (χ0n) is 26.4. The fraction of sp³-hybridized carbons (Fsp3) is 0. The summed E-state index contributed by atoms with van der Waals surface area (Å²) >= 11 is 0. The molecule has 0 saturated heterocycles. The Bertz CT molecular complexity index is 2680. The summed E-state index contributed by atoms with van der Waals surface area (Å²) in [5.74, 6) is 0. The topological polar surface area (TPSA) is 51.4 Å². The predicted molar refractivity (Wildman–Crippen MR) is 206 cm³/mol. The van der Waals surface area contributed by atoms with Gasteiger partial charge in [-0.05, 0) is 29.7 Å². The van der Waals surface area contributed by atoms with Crippen LogP contribution in [0.4, 0.5) is 0 Å². The van der Waals surface area contributed by atoms with Crippen molar-refractivity contribution in [2.45, 2.75) is 0 Å². The Morgan fingerprint density at radius 3 is 1.45 bits per heavy atom. The standard InChI is InChI=1S/C43H30N2O2P2/c46-48(31-16-5-1-6-17-31,32-18-7-2-8-19-32)35-28-29-38-40(30-35)45-39-26-15-27-41(42(39)36-24-13-14-25-37(36)43(45)44-38)49(47,33-20-9-3-10-21-33)34-22-11-4-12-23-34/h1-30H. The number of aromatic nitrogens is 2. The summed E-state index contributed by atoms with van der Waals surface area (Å²) < 4.78 is 33.4. The summed E-state index contributed by atoms with van der Waals surface area (Å²) in [4.78, 5) is 5.17. The van der Waals surface area contributed by atoms with Crippen LogP contribution in [0, 0.1) is 0 Å². The number of benzene rings is 7. The second-order valence-electron chi connectivity index (χ2n) is 12.2. The molecule has 7 aromatic carbocycles. The van der Waals surface area contributed by atoms with Gasteiger partial charge in [-0.15, -0.1) is 0 Å². The Hall–Kier alpha value is -5.53. The summed E-state index contributed by atoms with van der Waals surface area (Å²) in [6.07, 6.45) is 0. The third kappa shape index (κ3) is 4.49. The average Bonchev–Trinajstić information content (AvgIpc) is 3.58. The molecule has 0 atom stereocenters. The lowest BCUT2D eigenvalue weighted by atomic mass is 10.1. The number of imidazole rings is 1. The highest BCUT2D eigenvalue weighted by Crippen LogP contribution is 2.47. The van der Waals surface area contributed by atoms with Gasteiger partial charge in [0.05, 0.1) is 16.6 Å². The van der Waals surface area contributed by atoms with Gasteiger partial charge in [-0.3, -0.25) is 4.40 Å². The van der Waals surface area contributed by atoms with Gasteiger partial charge in [-0.2, -0.15) is 0 Å². The molecule has 0 amide bonds. The molecule has 2 heterocycles. The van der Waals surface area contributed by atoms with Crippen molar-refractivity contribution in [2.75, 3.05) is 0 Å². The van der Waals surface area contributed by atoms with Crippen molar-refractivity contribution >= 4 is 84.5 Å². The quantitative estimate of drug-likeness (QED) is 0.133. The van der Waals surface area contributed by atoms with Crippen molar-refractivity contribution < 1.29 is 9.13 Å². The third-order valence-electron chi connectivity index (χ3n) is 9.52. The van der Waals surface area contributed by atoms with E-state index < -0.39 is 14.3 Å². The lowest BCUT2D eigenvalue weighted by Gasteiger charge is -2.23. The maximum Gasteiger partial charge on any atom is 0.171 e. The molecule has 0 bridgehead atoms. The molecule has 0 radical (unpaired) electrons. The molecule has 0 spiro atoms. The molecule has 9 aromatic rings. The Balaban J connectivity index is 1.41. The van der Waals surface area contributed by atoms with Gasteiger partial charge in [-0.25, -0.2) is 4.98 Å². The van der Waals surface area contributed by atoms with Crippen LogP contribution in [0.2, 0.25) is 0 Å². The molecule has 0 aliphatic rings. The van der Waals surface area contributed by atoms with Crippen LogP contribution in [-0.4, -0.2) is 9.38 Å². The highest BCUT2D eigenvalue weighted by atomic mass is 31.2. The SMILES string of the molecule is O=P(c1ccccc1)(c1ccccc1)c1ccc2nc3c4ccccc4c4c(P(=O)(c5ccccc5)c5ccccc5)cccc4n3c2c1. The molecule has 0 unspecified atom stereocenters.